The minimum Gasteiger partial charge on any atom is -0.370 e. The van der Waals surface area contributed by atoms with Gasteiger partial charge in [-0.15, -0.1) is 0 Å². The third-order valence-electron chi connectivity index (χ3n) is 2.39. The van der Waals surface area contributed by atoms with Gasteiger partial charge in [0.1, 0.15) is 0 Å². The predicted molar refractivity (Wildman–Crippen MR) is 64.3 cm³/mol. The quantitative estimate of drug-likeness (QED) is 0.457. The van der Waals surface area contributed by atoms with Gasteiger partial charge in [0.15, 0.2) is 0 Å². The lowest BCUT2D eigenvalue weighted by Crippen LogP contribution is -2.24. The standard InChI is InChI=1S/C11H23NS/c1-4-6-7-8-9-10-11(13)12(3)5-2/h4-10H2,1-3H3. The molecule has 0 N–H and O–H groups in total. The van der Waals surface area contributed by atoms with Crippen LogP contribution in [0.3, 0.4) is 0 Å². The molecule has 13 heavy (non-hydrogen) atoms. The Hall–Kier alpha value is -0.110. The minimum atomic E-state index is 1.04. The first kappa shape index (κ1) is 12.9. The van der Waals surface area contributed by atoms with Crippen molar-refractivity contribution in [2.75, 3.05) is 13.6 Å². The number of unbranched alkanes of at least 4 members (excludes halogenated alkanes) is 4. The van der Waals surface area contributed by atoms with Crippen molar-refractivity contribution < 1.29 is 0 Å². The van der Waals surface area contributed by atoms with E-state index in [1.807, 2.05) is 0 Å². The number of thiocarbonyl (C=S) groups is 1. The van der Waals surface area contributed by atoms with Crippen molar-refractivity contribution in [3.63, 3.8) is 0 Å². The van der Waals surface area contributed by atoms with Gasteiger partial charge in [-0.2, -0.15) is 0 Å². The molecule has 0 rings (SSSR count). The van der Waals surface area contributed by atoms with E-state index in [0.717, 1.165) is 18.0 Å². The molecule has 0 aliphatic carbocycles. The first-order chi connectivity index (χ1) is 6.22. The fraction of sp³-hybridized carbons (Fsp3) is 0.909. The van der Waals surface area contributed by atoms with Crippen LogP contribution in [0.15, 0.2) is 0 Å². The van der Waals surface area contributed by atoms with E-state index in [4.69, 9.17) is 12.2 Å². The molecule has 0 aromatic rings. The predicted octanol–water partition coefficient (Wildman–Crippen LogP) is 3.63. The Balaban J connectivity index is 3.27. The molecule has 0 amide bonds. The Morgan fingerprint density at radius 3 is 2.23 bits per heavy atom. The van der Waals surface area contributed by atoms with Gasteiger partial charge in [-0.3, -0.25) is 0 Å². The first-order valence-electron chi connectivity index (χ1n) is 5.46. The molecule has 0 unspecified atom stereocenters. The summed E-state index contributed by atoms with van der Waals surface area (Å²) >= 11 is 5.28. The van der Waals surface area contributed by atoms with E-state index in [2.05, 4.69) is 25.8 Å². The monoisotopic (exact) mass is 201 g/mol. The Morgan fingerprint density at radius 1 is 1.08 bits per heavy atom. The van der Waals surface area contributed by atoms with Crippen molar-refractivity contribution in [2.24, 2.45) is 0 Å². The summed E-state index contributed by atoms with van der Waals surface area (Å²) < 4.78 is 0. The molecule has 2 heteroatoms. The minimum absolute atomic E-state index is 1.04. The lowest BCUT2D eigenvalue weighted by atomic mass is 10.1. The molecule has 0 saturated heterocycles. The Bertz CT molecular complexity index is 134. The molecule has 0 aromatic heterocycles. The van der Waals surface area contributed by atoms with Gasteiger partial charge >= 0.3 is 0 Å². The van der Waals surface area contributed by atoms with Gasteiger partial charge in [0.25, 0.3) is 0 Å². The summed E-state index contributed by atoms with van der Waals surface area (Å²) in [5.74, 6) is 0. The summed E-state index contributed by atoms with van der Waals surface area (Å²) in [6, 6.07) is 0. The van der Waals surface area contributed by atoms with E-state index in [9.17, 15) is 0 Å². The fourth-order valence-electron chi connectivity index (χ4n) is 1.25. The van der Waals surface area contributed by atoms with Crippen molar-refractivity contribution in [1.82, 2.24) is 4.90 Å². The molecular weight excluding hydrogens is 178 g/mol. The van der Waals surface area contributed by atoms with Crippen LogP contribution in [0.1, 0.15) is 52.4 Å². The summed E-state index contributed by atoms with van der Waals surface area (Å²) in [7, 11) is 2.08. The van der Waals surface area contributed by atoms with E-state index in [-0.39, 0.29) is 0 Å². The van der Waals surface area contributed by atoms with E-state index >= 15 is 0 Å². The SMILES string of the molecule is CCCCCCCC(=S)N(C)CC. The van der Waals surface area contributed by atoms with Crippen LogP contribution in [0.2, 0.25) is 0 Å². The zero-order valence-corrected chi connectivity index (χ0v) is 10.1. The van der Waals surface area contributed by atoms with Crippen molar-refractivity contribution in [3.8, 4) is 0 Å². The third kappa shape index (κ3) is 7.00. The summed E-state index contributed by atoms with van der Waals surface area (Å²) in [6.07, 6.45) is 7.77. The first-order valence-corrected chi connectivity index (χ1v) is 5.87. The summed E-state index contributed by atoms with van der Waals surface area (Å²) in [5, 5.41) is 0. The molecule has 78 valence electrons. The molecule has 0 radical (unpaired) electrons. The van der Waals surface area contributed by atoms with Crippen LogP contribution in [0.4, 0.5) is 0 Å². The van der Waals surface area contributed by atoms with Crippen LogP contribution >= 0.6 is 12.2 Å². The Morgan fingerprint density at radius 2 is 1.69 bits per heavy atom. The average Bonchev–Trinajstić information content (AvgIpc) is 2.16. The normalized spacial score (nSPS) is 10.1. The zero-order valence-electron chi connectivity index (χ0n) is 9.31. The lowest BCUT2D eigenvalue weighted by molar-refractivity contribution is 0.524. The zero-order chi connectivity index (χ0) is 10.1. The molecule has 0 fully saturated rings. The number of rotatable bonds is 7. The molecule has 0 atom stereocenters. The van der Waals surface area contributed by atoms with Gasteiger partial charge < -0.3 is 4.90 Å². The second kappa shape index (κ2) is 8.49. The van der Waals surface area contributed by atoms with Crippen molar-refractivity contribution in [2.45, 2.75) is 52.4 Å². The second-order valence-electron chi connectivity index (χ2n) is 3.57. The molecule has 0 spiro atoms. The van der Waals surface area contributed by atoms with Gasteiger partial charge in [-0.05, 0) is 19.8 Å². The molecule has 0 aromatic carbocycles. The number of nitrogens with zero attached hydrogens (tertiary/aromatic N) is 1. The van der Waals surface area contributed by atoms with Crippen LogP contribution < -0.4 is 0 Å². The Labute approximate surface area is 88.5 Å². The average molecular weight is 201 g/mol. The molecule has 0 aliphatic heterocycles. The highest BCUT2D eigenvalue weighted by atomic mass is 32.1. The second-order valence-corrected chi connectivity index (χ2v) is 4.04. The largest absolute Gasteiger partial charge is 0.370 e. The maximum atomic E-state index is 5.28. The van der Waals surface area contributed by atoms with Gasteiger partial charge in [0.05, 0.1) is 4.99 Å². The van der Waals surface area contributed by atoms with E-state index in [1.165, 1.54) is 32.1 Å². The highest BCUT2D eigenvalue weighted by Crippen LogP contribution is 2.07. The van der Waals surface area contributed by atoms with Crippen molar-refractivity contribution in [1.29, 1.82) is 0 Å². The van der Waals surface area contributed by atoms with Crippen molar-refractivity contribution in [3.05, 3.63) is 0 Å². The van der Waals surface area contributed by atoms with E-state index < -0.39 is 0 Å². The fourth-order valence-corrected chi connectivity index (χ4v) is 1.52. The van der Waals surface area contributed by atoms with Gasteiger partial charge in [-0.25, -0.2) is 0 Å². The van der Waals surface area contributed by atoms with Gasteiger partial charge in [0, 0.05) is 13.6 Å². The number of hydrogen-bond acceptors (Lipinski definition) is 1. The maximum absolute atomic E-state index is 5.28. The van der Waals surface area contributed by atoms with Crippen LogP contribution in [0.25, 0.3) is 0 Å². The molecule has 0 heterocycles. The Kier molecular flexibility index (Phi) is 8.41. The van der Waals surface area contributed by atoms with Crippen LogP contribution in [-0.2, 0) is 0 Å². The molecule has 0 aliphatic rings. The number of hydrogen-bond donors (Lipinski definition) is 0. The lowest BCUT2D eigenvalue weighted by Gasteiger charge is -2.17. The van der Waals surface area contributed by atoms with E-state index in [0.29, 0.717) is 0 Å². The summed E-state index contributed by atoms with van der Waals surface area (Å²) in [5.41, 5.74) is 0. The van der Waals surface area contributed by atoms with E-state index in [1.54, 1.807) is 0 Å². The van der Waals surface area contributed by atoms with Crippen LogP contribution in [-0.4, -0.2) is 23.5 Å². The van der Waals surface area contributed by atoms with Crippen LogP contribution in [0, 0.1) is 0 Å². The topological polar surface area (TPSA) is 3.24 Å². The highest BCUT2D eigenvalue weighted by Gasteiger charge is 2.00. The summed E-state index contributed by atoms with van der Waals surface area (Å²) in [4.78, 5) is 3.29. The summed E-state index contributed by atoms with van der Waals surface area (Å²) in [6.45, 7) is 5.42. The van der Waals surface area contributed by atoms with Gasteiger partial charge in [0.2, 0.25) is 0 Å². The maximum Gasteiger partial charge on any atom is 0.0776 e. The molecule has 0 bridgehead atoms. The highest BCUT2D eigenvalue weighted by molar-refractivity contribution is 7.80. The van der Waals surface area contributed by atoms with Crippen molar-refractivity contribution >= 4 is 17.2 Å². The third-order valence-corrected chi connectivity index (χ3v) is 2.91. The molecule has 1 nitrogen and oxygen atoms in total. The van der Waals surface area contributed by atoms with Gasteiger partial charge in [-0.1, -0.05) is 44.8 Å². The van der Waals surface area contributed by atoms with Crippen LogP contribution in [0.5, 0.6) is 0 Å². The smallest absolute Gasteiger partial charge is 0.0776 e. The molecular formula is C11H23NS. The molecule has 0 saturated carbocycles.